The van der Waals surface area contributed by atoms with E-state index in [9.17, 15) is 5.11 Å². The van der Waals surface area contributed by atoms with Crippen molar-refractivity contribution < 1.29 is 9.84 Å². The fourth-order valence-corrected chi connectivity index (χ4v) is 2.40. The second kappa shape index (κ2) is 5.47. The van der Waals surface area contributed by atoms with E-state index >= 15 is 0 Å². The summed E-state index contributed by atoms with van der Waals surface area (Å²) in [7, 11) is 1.74. The molecule has 2 rings (SSSR count). The first kappa shape index (κ1) is 12.3. The van der Waals surface area contributed by atoms with Crippen molar-refractivity contribution >= 4 is 5.82 Å². The van der Waals surface area contributed by atoms with Crippen LogP contribution in [0.15, 0.2) is 18.3 Å². The smallest absolute Gasteiger partial charge is 0.134 e. The molecular weight excluding hydrogens is 216 g/mol. The molecule has 1 saturated heterocycles. The number of nitrogens with zero attached hydrogens (tertiary/aromatic N) is 2. The summed E-state index contributed by atoms with van der Waals surface area (Å²) in [6.07, 6.45) is 2.44. The van der Waals surface area contributed by atoms with E-state index in [1.807, 2.05) is 12.1 Å². The number of anilines is 1. The van der Waals surface area contributed by atoms with E-state index < -0.39 is 6.10 Å². The molecule has 1 aromatic rings. The van der Waals surface area contributed by atoms with Gasteiger partial charge in [-0.1, -0.05) is 6.07 Å². The van der Waals surface area contributed by atoms with Gasteiger partial charge in [-0.25, -0.2) is 4.98 Å². The molecule has 0 saturated carbocycles. The van der Waals surface area contributed by atoms with Crippen molar-refractivity contribution in [2.24, 2.45) is 5.92 Å². The van der Waals surface area contributed by atoms with E-state index in [1.54, 1.807) is 20.2 Å². The summed E-state index contributed by atoms with van der Waals surface area (Å²) in [5.41, 5.74) is 0.908. The minimum Gasteiger partial charge on any atom is -0.389 e. The Labute approximate surface area is 102 Å². The maximum atomic E-state index is 9.74. The van der Waals surface area contributed by atoms with Gasteiger partial charge in [0.2, 0.25) is 0 Å². The zero-order chi connectivity index (χ0) is 12.3. The number of hydrogen-bond acceptors (Lipinski definition) is 4. The van der Waals surface area contributed by atoms with Gasteiger partial charge < -0.3 is 14.7 Å². The molecule has 1 aliphatic rings. The highest BCUT2D eigenvalue weighted by Gasteiger charge is 2.25. The van der Waals surface area contributed by atoms with Crippen LogP contribution < -0.4 is 4.90 Å². The fourth-order valence-electron chi connectivity index (χ4n) is 2.40. The molecule has 0 aromatic carbocycles. The molecule has 1 fully saturated rings. The summed E-state index contributed by atoms with van der Waals surface area (Å²) < 4.78 is 5.19. The van der Waals surface area contributed by atoms with Crippen molar-refractivity contribution in [3.8, 4) is 0 Å². The van der Waals surface area contributed by atoms with Crippen LogP contribution in [0.2, 0.25) is 0 Å². The monoisotopic (exact) mass is 236 g/mol. The molecule has 94 valence electrons. The third-order valence-corrected chi connectivity index (χ3v) is 3.25. The topological polar surface area (TPSA) is 45.6 Å². The molecule has 0 radical (unpaired) electrons. The summed E-state index contributed by atoms with van der Waals surface area (Å²) in [5.74, 6) is 1.49. The van der Waals surface area contributed by atoms with Crippen molar-refractivity contribution in [2.45, 2.75) is 19.4 Å². The Hall–Kier alpha value is -1.13. The average molecular weight is 236 g/mol. The number of aromatic nitrogens is 1. The van der Waals surface area contributed by atoms with Crippen LogP contribution in [0, 0.1) is 5.92 Å². The van der Waals surface area contributed by atoms with Gasteiger partial charge in [-0.2, -0.15) is 0 Å². The number of hydrogen-bond donors (Lipinski definition) is 1. The number of aliphatic hydroxyl groups is 1. The number of rotatable bonds is 4. The third kappa shape index (κ3) is 2.76. The number of methoxy groups -OCH3 is 1. The summed E-state index contributed by atoms with van der Waals surface area (Å²) >= 11 is 0. The first-order chi connectivity index (χ1) is 8.22. The first-order valence-corrected chi connectivity index (χ1v) is 6.09. The van der Waals surface area contributed by atoms with Crippen molar-refractivity contribution in [1.29, 1.82) is 0 Å². The number of ether oxygens (including phenoxy) is 1. The Balaban J connectivity index is 2.13. The largest absolute Gasteiger partial charge is 0.389 e. The minimum atomic E-state index is -0.472. The van der Waals surface area contributed by atoms with Crippen LogP contribution in [0.5, 0.6) is 0 Å². The maximum absolute atomic E-state index is 9.74. The Kier molecular flexibility index (Phi) is 3.97. The lowest BCUT2D eigenvalue weighted by molar-refractivity contribution is 0.160. The maximum Gasteiger partial charge on any atom is 0.134 e. The zero-order valence-electron chi connectivity index (χ0n) is 10.5. The quantitative estimate of drug-likeness (QED) is 0.862. The average Bonchev–Trinajstić information content (AvgIpc) is 2.78. The minimum absolute atomic E-state index is 0.472. The molecule has 2 atom stereocenters. The third-order valence-electron chi connectivity index (χ3n) is 3.25. The second-order valence-electron chi connectivity index (χ2n) is 4.65. The van der Waals surface area contributed by atoms with E-state index in [4.69, 9.17) is 4.74 Å². The Bertz CT molecular complexity index is 368. The molecule has 4 heteroatoms. The molecule has 2 heterocycles. The van der Waals surface area contributed by atoms with Crippen molar-refractivity contribution in [1.82, 2.24) is 4.98 Å². The van der Waals surface area contributed by atoms with Gasteiger partial charge >= 0.3 is 0 Å². The van der Waals surface area contributed by atoms with Crippen molar-refractivity contribution in [3.05, 3.63) is 23.9 Å². The summed E-state index contributed by atoms with van der Waals surface area (Å²) in [6, 6.07) is 3.81. The highest BCUT2D eigenvalue weighted by Crippen LogP contribution is 2.28. The Morgan fingerprint density at radius 3 is 3.18 bits per heavy atom. The summed E-state index contributed by atoms with van der Waals surface area (Å²) in [6.45, 7) is 4.53. The highest BCUT2D eigenvalue weighted by molar-refractivity contribution is 5.48. The van der Waals surface area contributed by atoms with Gasteiger partial charge in [0.25, 0.3) is 0 Å². The molecule has 0 spiro atoms. The highest BCUT2D eigenvalue weighted by atomic mass is 16.5. The van der Waals surface area contributed by atoms with E-state index in [0.717, 1.165) is 37.5 Å². The lowest BCUT2D eigenvalue weighted by Crippen LogP contribution is -2.23. The SMILES string of the molecule is COCC1CCN(c2ncccc2[C@H](C)O)C1. The number of pyridine rings is 1. The molecule has 0 aliphatic carbocycles. The van der Waals surface area contributed by atoms with Crippen molar-refractivity contribution in [2.75, 3.05) is 31.7 Å². The van der Waals surface area contributed by atoms with Crippen LogP contribution in [-0.4, -0.2) is 36.9 Å². The lowest BCUT2D eigenvalue weighted by Gasteiger charge is -2.21. The van der Waals surface area contributed by atoms with Crippen LogP contribution in [-0.2, 0) is 4.74 Å². The molecule has 0 amide bonds. The molecule has 0 bridgehead atoms. The van der Waals surface area contributed by atoms with E-state index in [1.165, 1.54) is 0 Å². The van der Waals surface area contributed by atoms with Crippen LogP contribution in [0.1, 0.15) is 25.0 Å². The van der Waals surface area contributed by atoms with Gasteiger partial charge in [-0.3, -0.25) is 0 Å². The molecule has 1 unspecified atom stereocenters. The molecule has 4 nitrogen and oxygen atoms in total. The number of aliphatic hydroxyl groups excluding tert-OH is 1. The standard InChI is InChI=1S/C13H20N2O2/c1-10(16)12-4-3-6-14-13(12)15-7-5-11(8-15)9-17-2/h3-4,6,10-11,16H,5,7-9H2,1-2H3/t10-,11?/m0/s1. The first-order valence-electron chi connectivity index (χ1n) is 6.09. The Morgan fingerprint density at radius 2 is 2.47 bits per heavy atom. The molecule has 1 aromatic heterocycles. The second-order valence-corrected chi connectivity index (χ2v) is 4.65. The Morgan fingerprint density at radius 1 is 1.65 bits per heavy atom. The molecule has 17 heavy (non-hydrogen) atoms. The van der Waals surface area contributed by atoms with Crippen LogP contribution >= 0.6 is 0 Å². The normalized spacial score (nSPS) is 21.8. The molecule has 1 aliphatic heterocycles. The summed E-state index contributed by atoms with van der Waals surface area (Å²) in [4.78, 5) is 6.64. The fraction of sp³-hybridized carbons (Fsp3) is 0.615. The van der Waals surface area contributed by atoms with Gasteiger partial charge in [0.05, 0.1) is 12.7 Å². The predicted molar refractivity (Wildman–Crippen MR) is 67.1 cm³/mol. The van der Waals surface area contributed by atoms with Crippen LogP contribution in [0.3, 0.4) is 0 Å². The lowest BCUT2D eigenvalue weighted by atomic mass is 10.1. The zero-order valence-corrected chi connectivity index (χ0v) is 10.5. The van der Waals surface area contributed by atoms with Crippen LogP contribution in [0.25, 0.3) is 0 Å². The van der Waals surface area contributed by atoms with Gasteiger partial charge in [0, 0.05) is 37.9 Å². The summed E-state index contributed by atoms with van der Waals surface area (Å²) in [5, 5.41) is 9.74. The van der Waals surface area contributed by atoms with Crippen molar-refractivity contribution in [3.63, 3.8) is 0 Å². The van der Waals surface area contributed by atoms with E-state index in [2.05, 4.69) is 9.88 Å². The van der Waals surface area contributed by atoms with E-state index in [0.29, 0.717) is 5.92 Å². The van der Waals surface area contributed by atoms with Gasteiger partial charge in [0.15, 0.2) is 0 Å². The van der Waals surface area contributed by atoms with Crippen LogP contribution in [0.4, 0.5) is 5.82 Å². The molecular formula is C13H20N2O2. The predicted octanol–water partition coefficient (Wildman–Crippen LogP) is 1.61. The van der Waals surface area contributed by atoms with Gasteiger partial charge in [-0.05, 0) is 19.4 Å². The molecule has 1 N–H and O–H groups in total. The van der Waals surface area contributed by atoms with Gasteiger partial charge in [-0.15, -0.1) is 0 Å². The van der Waals surface area contributed by atoms with E-state index in [-0.39, 0.29) is 0 Å². The van der Waals surface area contributed by atoms with Gasteiger partial charge in [0.1, 0.15) is 5.82 Å².